The zero-order valence-electron chi connectivity index (χ0n) is 10.5. The number of fused-ring (bicyclic) bond motifs is 2. The van der Waals surface area contributed by atoms with Crippen molar-refractivity contribution >= 4 is 28.9 Å². The smallest absolute Gasteiger partial charge is 0.229 e. The lowest BCUT2D eigenvalue weighted by Crippen LogP contribution is -2.34. The Bertz CT molecular complexity index is 520. The first-order valence-electron chi connectivity index (χ1n) is 6.71. The lowest BCUT2D eigenvalue weighted by molar-refractivity contribution is -0.120. The maximum absolute atomic E-state index is 13.5. The van der Waals surface area contributed by atoms with Gasteiger partial charge in [0.25, 0.3) is 0 Å². The van der Waals surface area contributed by atoms with Gasteiger partial charge >= 0.3 is 0 Å². The molecule has 0 spiro atoms. The van der Waals surface area contributed by atoms with Crippen LogP contribution in [0, 0.1) is 11.7 Å². The van der Waals surface area contributed by atoms with Gasteiger partial charge in [0.1, 0.15) is 5.82 Å². The molecule has 1 aliphatic heterocycles. The first-order valence-corrected chi connectivity index (χ1v) is 7.09. The third-order valence-electron chi connectivity index (χ3n) is 4.01. The van der Waals surface area contributed by atoms with Gasteiger partial charge in [-0.15, -0.1) is 0 Å². The summed E-state index contributed by atoms with van der Waals surface area (Å²) in [6, 6.07) is 2.96. The van der Waals surface area contributed by atoms with Crippen LogP contribution < -0.4 is 10.6 Å². The molecule has 2 N–H and O–H groups in total. The number of anilines is 2. The lowest BCUT2D eigenvalue weighted by Gasteiger charge is -2.22. The highest BCUT2D eigenvalue weighted by Crippen LogP contribution is 2.36. The van der Waals surface area contributed by atoms with E-state index in [1.165, 1.54) is 12.5 Å². The Balaban J connectivity index is 1.98. The largest absolute Gasteiger partial charge is 0.380 e. The molecule has 19 heavy (non-hydrogen) atoms. The van der Waals surface area contributed by atoms with Gasteiger partial charge in [-0.1, -0.05) is 30.9 Å². The molecule has 3 nitrogen and oxygen atoms in total. The van der Waals surface area contributed by atoms with Gasteiger partial charge in [-0.05, 0) is 18.9 Å². The van der Waals surface area contributed by atoms with E-state index in [1.807, 2.05) is 0 Å². The molecule has 2 aliphatic rings. The summed E-state index contributed by atoms with van der Waals surface area (Å²) in [7, 11) is 0. The quantitative estimate of drug-likeness (QED) is 0.760. The van der Waals surface area contributed by atoms with Crippen LogP contribution in [0.1, 0.15) is 32.1 Å². The molecule has 1 heterocycles. The van der Waals surface area contributed by atoms with Gasteiger partial charge in [0.15, 0.2) is 0 Å². The van der Waals surface area contributed by atoms with E-state index in [9.17, 15) is 9.18 Å². The Labute approximate surface area is 116 Å². The van der Waals surface area contributed by atoms with Gasteiger partial charge in [-0.2, -0.15) is 0 Å². The van der Waals surface area contributed by atoms with Crippen LogP contribution in [0.4, 0.5) is 15.8 Å². The van der Waals surface area contributed by atoms with E-state index < -0.39 is 5.82 Å². The molecule has 0 bridgehead atoms. The number of benzene rings is 1. The molecule has 1 amide bonds. The summed E-state index contributed by atoms with van der Waals surface area (Å²) in [5, 5.41) is 6.26. The van der Waals surface area contributed by atoms with Gasteiger partial charge in [0.05, 0.1) is 22.3 Å². The summed E-state index contributed by atoms with van der Waals surface area (Å²) in [6.45, 7) is 0. The van der Waals surface area contributed by atoms with Crippen LogP contribution in [0.3, 0.4) is 0 Å². The van der Waals surface area contributed by atoms with E-state index in [0.717, 1.165) is 25.7 Å². The van der Waals surface area contributed by atoms with E-state index in [0.29, 0.717) is 11.4 Å². The van der Waals surface area contributed by atoms with E-state index in [4.69, 9.17) is 11.6 Å². The molecule has 3 rings (SSSR count). The maximum atomic E-state index is 13.5. The second-order valence-electron chi connectivity index (χ2n) is 5.30. The average molecular weight is 283 g/mol. The van der Waals surface area contributed by atoms with Gasteiger partial charge in [-0.25, -0.2) is 4.39 Å². The van der Waals surface area contributed by atoms with Gasteiger partial charge in [0.2, 0.25) is 5.91 Å². The monoisotopic (exact) mass is 282 g/mol. The van der Waals surface area contributed by atoms with Crippen LogP contribution in [0.2, 0.25) is 5.02 Å². The van der Waals surface area contributed by atoms with Crippen LogP contribution in [0.15, 0.2) is 12.1 Å². The number of carbonyl (C=O) groups excluding carboxylic acids is 1. The van der Waals surface area contributed by atoms with Crippen molar-refractivity contribution in [1.82, 2.24) is 0 Å². The molecule has 0 aromatic heterocycles. The highest BCUT2D eigenvalue weighted by molar-refractivity contribution is 6.31. The molecule has 1 saturated carbocycles. The predicted octanol–water partition coefficient (Wildman–Crippen LogP) is 3.79. The normalized spacial score (nSPS) is 26.3. The molecule has 2 unspecified atom stereocenters. The number of amides is 1. The first kappa shape index (κ1) is 12.7. The molecule has 1 aromatic rings. The van der Waals surface area contributed by atoms with Crippen molar-refractivity contribution in [2.24, 2.45) is 5.92 Å². The van der Waals surface area contributed by atoms with E-state index in [2.05, 4.69) is 10.6 Å². The number of carbonyl (C=O) groups is 1. The van der Waals surface area contributed by atoms with Crippen molar-refractivity contribution in [3.63, 3.8) is 0 Å². The van der Waals surface area contributed by atoms with Crippen LogP contribution >= 0.6 is 11.6 Å². The number of nitrogens with one attached hydrogen (secondary N) is 2. The maximum Gasteiger partial charge on any atom is 0.229 e. The number of hydrogen-bond acceptors (Lipinski definition) is 2. The molecule has 1 aromatic carbocycles. The minimum absolute atomic E-state index is 0.0140. The lowest BCUT2D eigenvalue weighted by atomic mass is 9.94. The van der Waals surface area contributed by atoms with Crippen molar-refractivity contribution < 1.29 is 9.18 Å². The van der Waals surface area contributed by atoms with Crippen molar-refractivity contribution in [1.29, 1.82) is 0 Å². The van der Waals surface area contributed by atoms with Crippen molar-refractivity contribution in [3.05, 3.63) is 23.0 Å². The Kier molecular flexibility index (Phi) is 3.35. The Morgan fingerprint density at radius 2 is 1.95 bits per heavy atom. The summed E-state index contributed by atoms with van der Waals surface area (Å²) in [5.74, 6) is -0.568. The minimum atomic E-state index is -0.510. The molecule has 2 atom stereocenters. The van der Waals surface area contributed by atoms with Crippen LogP contribution in [0.25, 0.3) is 0 Å². The van der Waals surface area contributed by atoms with Gasteiger partial charge < -0.3 is 10.6 Å². The summed E-state index contributed by atoms with van der Waals surface area (Å²) in [5.41, 5.74) is 1.20. The Morgan fingerprint density at radius 1 is 1.16 bits per heavy atom. The fourth-order valence-electron chi connectivity index (χ4n) is 2.99. The molecular weight excluding hydrogens is 267 g/mol. The zero-order valence-corrected chi connectivity index (χ0v) is 11.3. The highest BCUT2D eigenvalue weighted by Gasteiger charge is 2.33. The number of rotatable bonds is 0. The van der Waals surface area contributed by atoms with Crippen LogP contribution in [-0.2, 0) is 4.79 Å². The van der Waals surface area contributed by atoms with E-state index in [-0.39, 0.29) is 22.9 Å². The highest BCUT2D eigenvalue weighted by atomic mass is 35.5. The van der Waals surface area contributed by atoms with Crippen LogP contribution in [0.5, 0.6) is 0 Å². The predicted molar refractivity (Wildman–Crippen MR) is 74.0 cm³/mol. The number of hydrogen-bond donors (Lipinski definition) is 2. The molecule has 0 saturated heterocycles. The van der Waals surface area contributed by atoms with E-state index in [1.54, 1.807) is 6.07 Å². The fourth-order valence-corrected chi connectivity index (χ4v) is 3.15. The molecule has 0 radical (unpaired) electrons. The van der Waals surface area contributed by atoms with Crippen molar-refractivity contribution in [2.75, 3.05) is 10.6 Å². The second-order valence-corrected chi connectivity index (χ2v) is 5.70. The van der Waals surface area contributed by atoms with Crippen molar-refractivity contribution in [3.8, 4) is 0 Å². The minimum Gasteiger partial charge on any atom is -0.380 e. The third-order valence-corrected chi connectivity index (χ3v) is 4.30. The third kappa shape index (κ3) is 2.41. The van der Waals surface area contributed by atoms with Crippen LogP contribution in [-0.4, -0.2) is 11.9 Å². The summed E-state index contributed by atoms with van der Waals surface area (Å²) >= 11 is 5.81. The standard InChI is InChI=1S/C14H16ClFN2O/c15-9-6-12-13(7-10(9)16)18-14(19)8-4-2-1-3-5-11(8)17-12/h6-8,11,17H,1-5H2,(H,18,19). The topological polar surface area (TPSA) is 41.1 Å². The van der Waals surface area contributed by atoms with Crippen molar-refractivity contribution in [2.45, 2.75) is 38.1 Å². The summed E-state index contributed by atoms with van der Waals surface area (Å²) in [6.07, 6.45) is 5.20. The zero-order chi connectivity index (χ0) is 13.4. The number of halogens is 2. The van der Waals surface area contributed by atoms with Gasteiger partial charge in [-0.3, -0.25) is 4.79 Å². The fraction of sp³-hybridized carbons (Fsp3) is 0.500. The molecule has 1 fully saturated rings. The summed E-state index contributed by atoms with van der Waals surface area (Å²) < 4.78 is 13.5. The molecular formula is C14H16ClFN2O. The first-order chi connectivity index (χ1) is 9.15. The second kappa shape index (κ2) is 5.00. The molecule has 5 heteroatoms. The van der Waals surface area contributed by atoms with Gasteiger partial charge in [0, 0.05) is 12.1 Å². The summed E-state index contributed by atoms with van der Waals surface area (Å²) in [4.78, 5) is 12.3. The SMILES string of the molecule is O=C1Nc2cc(F)c(Cl)cc2NC2CCCCCC12. The molecule has 1 aliphatic carbocycles. The average Bonchev–Trinajstić information content (AvgIpc) is 2.65. The molecule has 102 valence electrons. The Hall–Kier alpha value is -1.29. The Morgan fingerprint density at radius 3 is 2.79 bits per heavy atom. The van der Waals surface area contributed by atoms with E-state index >= 15 is 0 Å².